The Morgan fingerprint density at radius 2 is 1.94 bits per heavy atom. The lowest BCUT2D eigenvalue weighted by Crippen LogP contribution is -2.41. The van der Waals surface area contributed by atoms with E-state index in [0.717, 1.165) is 6.07 Å². The molecule has 2 atom stereocenters. The van der Waals surface area contributed by atoms with Crippen LogP contribution in [0.4, 0.5) is 0 Å². The third-order valence-corrected chi connectivity index (χ3v) is 6.52. The van der Waals surface area contributed by atoms with Gasteiger partial charge in [0.2, 0.25) is 0 Å². The van der Waals surface area contributed by atoms with Gasteiger partial charge < -0.3 is 29.3 Å². The van der Waals surface area contributed by atoms with Gasteiger partial charge in [0, 0.05) is 35.7 Å². The number of piperidine rings is 1. The highest BCUT2D eigenvalue weighted by Gasteiger charge is 2.38. The molecule has 0 amide bonds. The fraction of sp³-hybridized carbons (Fsp3) is 0.286. The number of phosphoric acid groups is 1. The predicted molar refractivity (Wildman–Crippen MR) is 123 cm³/mol. The number of phenolic OH excluding ortho intramolecular Hbond substituents is 2. The van der Waals surface area contributed by atoms with Crippen LogP contribution in [0.3, 0.4) is 0 Å². The van der Waals surface area contributed by atoms with Crippen molar-refractivity contribution in [2.75, 3.05) is 20.1 Å². The molecule has 0 spiro atoms. The van der Waals surface area contributed by atoms with Gasteiger partial charge in [0.15, 0.2) is 5.43 Å². The van der Waals surface area contributed by atoms with Gasteiger partial charge >= 0.3 is 7.82 Å². The monoisotopic (exact) mass is 491 g/mol. The van der Waals surface area contributed by atoms with Gasteiger partial charge in [-0.3, -0.25) is 9.32 Å². The van der Waals surface area contributed by atoms with Crippen molar-refractivity contribution in [3.8, 4) is 22.8 Å². The van der Waals surface area contributed by atoms with Crippen LogP contribution in [0.2, 0.25) is 5.02 Å². The minimum atomic E-state index is -4.86. The third kappa shape index (κ3) is 4.82. The van der Waals surface area contributed by atoms with Gasteiger partial charge in [-0.1, -0.05) is 29.2 Å². The fourth-order valence-electron chi connectivity index (χ4n) is 4.23. The molecule has 2 radical (unpaired) electrons. The van der Waals surface area contributed by atoms with Crippen LogP contribution in [0, 0.1) is 0 Å². The quantitative estimate of drug-likeness (QED) is 0.319. The molecular weight excluding hydrogens is 471 g/mol. The van der Waals surface area contributed by atoms with E-state index in [-0.39, 0.29) is 33.9 Å². The third-order valence-electron chi connectivity index (χ3n) is 5.66. The summed E-state index contributed by atoms with van der Waals surface area (Å²) >= 11 is 6.28. The Kier molecular flexibility index (Phi) is 6.35. The van der Waals surface area contributed by atoms with Gasteiger partial charge in [-0.25, -0.2) is 4.57 Å². The van der Waals surface area contributed by atoms with Crippen molar-refractivity contribution < 1.29 is 33.5 Å². The number of fused-ring (bicyclic) bond motifs is 1. The Bertz CT molecular complexity index is 1340. The second kappa shape index (κ2) is 8.79. The number of halogens is 1. The summed E-state index contributed by atoms with van der Waals surface area (Å²) in [4.78, 5) is 33.6. The second-order valence-electron chi connectivity index (χ2n) is 8.04. The topological polar surface area (TPSA) is 141 Å². The summed E-state index contributed by atoms with van der Waals surface area (Å²) in [5.41, 5.74) is 0.187. The van der Waals surface area contributed by atoms with Crippen LogP contribution in [0.25, 0.3) is 22.3 Å². The lowest BCUT2D eigenvalue weighted by atomic mass is 9.85. The van der Waals surface area contributed by atoms with Crippen molar-refractivity contribution in [1.82, 2.24) is 4.90 Å². The zero-order chi connectivity index (χ0) is 24.1. The first-order valence-electron chi connectivity index (χ1n) is 9.95. The van der Waals surface area contributed by atoms with E-state index in [2.05, 4.69) is 0 Å². The molecule has 0 bridgehead atoms. The summed E-state index contributed by atoms with van der Waals surface area (Å²) in [7, 11) is 2.64. The molecule has 1 saturated heterocycles. The van der Waals surface area contributed by atoms with Crippen molar-refractivity contribution >= 4 is 43.7 Å². The van der Waals surface area contributed by atoms with E-state index in [1.807, 2.05) is 4.90 Å². The highest BCUT2D eigenvalue weighted by atomic mass is 35.5. The largest absolute Gasteiger partial charge is 0.507 e. The Hall–Kier alpha value is -2.33. The minimum Gasteiger partial charge on any atom is -0.507 e. The van der Waals surface area contributed by atoms with Gasteiger partial charge in [-0.2, -0.15) is 0 Å². The van der Waals surface area contributed by atoms with Crippen LogP contribution in [0.1, 0.15) is 17.9 Å². The van der Waals surface area contributed by atoms with Crippen LogP contribution in [-0.2, 0) is 9.09 Å². The summed E-state index contributed by atoms with van der Waals surface area (Å²) in [6.07, 6.45) is -0.678. The zero-order valence-corrected chi connectivity index (χ0v) is 19.1. The van der Waals surface area contributed by atoms with Crippen LogP contribution < -0.4 is 10.9 Å². The number of phenols is 2. The normalized spacial score (nSPS) is 19.8. The van der Waals surface area contributed by atoms with E-state index in [1.54, 1.807) is 19.2 Å². The summed E-state index contributed by atoms with van der Waals surface area (Å²) in [5.74, 6) is -1.55. The number of hydrogen-bond acceptors (Lipinski definition) is 7. The molecule has 0 aliphatic carbocycles. The van der Waals surface area contributed by atoms with Crippen molar-refractivity contribution in [3.63, 3.8) is 0 Å². The van der Waals surface area contributed by atoms with Crippen molar-refractivity contribution in [2.45, 2.75) is 18.4 Å². The fourth-order valence-corrected chi connectivity index (χ4v) is 5.08. The average molecular weight is 492 g/mol. The number of likely N-dealkylation sites (tertiary alicyclic amines) is 1. The Morgan fingerprint density at radius 1 is 1.21 bits per heavy atom. The van der Waals surface area contributed by atoms with E-state index >= 15 is 0 Å². The maximum Gasteiger partial charge on any atom is 0.469 e. The Morgan fingerprint density at radius 3 is 2.61 bits per heavy atom. The van der Waals surface area contributed by atoms with Gasteiger partial charge in [0.05, 0.1) is 11.1 Å². The molecule has 33 heavy (non-hydrogen) atoms. The lowest BCUT2D eigenvalue weighted by Gasteiger charge is -2.36. The first kappa shape index (κ1) is 23.8. The van der Waals surface area contributed by atoms with Gasteiger partial charge in [0.1, 0.15) is 36.1 Å². The van der Waals surface area contributed by atoms with Crippen molar-refractivity contribution in [1.29, 1.82) is 0 Å². The van der Waals surface area contributed by atoms with Crippen LogP contribution >= 0.6 is 19.4 Å². The molecule has 172 valence electrons. The lowest BCUT2D eigenvalue weighted by molar-refractivity contribution is 0.0544. The maximum absolute atomic E-state index is 12.9. The summed E-state index contributed by atoms with van der Waals surface area (Å²) in [5, 5.41) is 21.2. The summed E-state index contributed by atoms with van der Waals surface area (Å²) in [6.45, 7) is 0.687. The molecule has 4 N–H and O–H groups in total. The average Bonchev–Trinajstić information content (AvgIpc) is 2.67. The SMILES string of the molecule is [B]c1ccc(-c2cc(=O)c3c(O)cc(O)c(C4CCN(C)CC4OP(=O)(O)O)c3o2)c(Cl)c1. The molecular formula is C21H20BClNO8P. The predicted octanol–water partition coefficient (Wildman–Crippen LogP) is 2.22. The van der Waals surface area contributed by atoms with E-state index in [1.165, 1.54) is 12.1 Å². The highest BCUT2D eigenvalue weighted by Crippen LogP contribution is 2.47. The summed E-state index contributed by atoms with van der Waals surface area (Å²) < 4.78 is 22.6. The number of aromatic hydroxyl groups is 2. The molecule has 12 heteroatoms. The van der Waals surface area contributed by atoms with Crippen LogP contribution in [0.5, 0.6) is 11.5 Å². The van der Waals surface area contributed by atoms with E-state index in [9.17, 15) is 29.4 Å². The second-order valence-corrected chi connectivity index (χ2v) is 9.64. The molecule has 1 aliphatic heterocycles. The molecule has 2 aromatic carbocycles. The number of phosphoric ester groups is 1. The molecule has 9 nitrogen and oxygen atoms in total. The van der Waals surface area contributed by atoms with E-state index in [4.69, 9.17) is 28.4 Å². The summed E-state index contributed by atoms with van der Waals surface area (Å²) in [6, 6.07) is 6.81. The van der Waals surface area contributed by atoms with Crippen LogP contribution in [0.15, 0.2) is 39.5 Å². The maximum atomic E-state index is 12.9. The first-order valence-corrected chi connectivity index (χ1v) is 11.9. The number of nitrogens with zero attached hydrogens (tertiary/aromatic N) is 1. The van der Waals surface area contributed by atoms with Crippen molar-refractivity contribution in [2.24, 2.45) is 0 Å². The molecule has 1 aliphatic rings. The van der Waals surface area contributed by atoms with Gasteiger partial charge in [-0.15, -0.1) is 0 Å². The number of benzene rings is 2. The Labute approximate surface area is 194 Å². The van der Waals surface area contributed by atoms with Crippen LogP contribution in [-0.4, -0.2) is 59.0 Å². The molecule has 1 aromatic heterocycles. The zero-order valence-electron chi connectivity index (χ0n) is 17.4. The molecule has 1 fully saturated rings. The molecule has 3 aromatic rings. The standard InChI is InChI=1S/C21H20BClNO8P/c1-24-5-4-12(18(9-24)32-33(28,29)30)19-14(25)7-15(26)20-16(27)8-17(31-21(19)20)11-3-2-10(22)6-13(11)23/h2-3,6-8,12,18,25-26H,4-5,9H2,1H3,(H2,28,29,30). The van der Waals surface area contributed by atoms with Gasteiger partial charge in [-0.05, 0) is 26.1 Å². The smallest absolute Gasteiger partial charge is 0.469 e. The Balaban J connectivity index is 1.97. The number of rotatable bonds is 4. The van der Waals surface area contributed by atoms with E-state index in [0.29, 0.717) is 24.0 Å². The molecule has 0 saturated carbocycles. The highest BCUT2D eigenvalue weighted by molar-refractivity contribution is 7.46. The minimum absolute atomic E-state index is 0.0733. The van der Waals surface area contributed by atoms with Crippen molar-refractivity contribution in [3.05, 3.63) is 51.1 Å². The molecule has 2 heterocycles. The molecule has 4 rings (SSSR count). The molecule has 2 unspecified atom stereocenters. The first-order chi connectivity index (χ1) is 15.4. The van der Waals surface area contributed by atoms with Gasteiger partial charge in [0.25, 0.3) is 0 Å². The van der Waals surface area contributed by atoms with E-state index < -0.39 is 36.8 Å². The number of likely N-dealkylation sites (N-methyl/N-ethyl adjacent to an activating group) is 1. The number of hydrogen-bond donors (Lipinski definition) is 4.